The van der Waals surface area contributed by atoms with Crippen molar-refractivity contribution in [1.82, 2.24) is 0 Å². The number of rotatable bonds is 21. The molecule has 1 radical (unpaired) electrons. The van der Waals surface area contributed by atoms with Gasteiger partial charge in [-0.1, -0.05) is 129 Å². The zero-order chi connectivity index (χ0) is 17.6. The molecule has 2 N–H and O–H groups in total. The van der Waals surface area contributed by atoms with Gasteiger partial charge in [0, 0.05) is 0 Å². The van der Waals surface area contributed by atoms with Gasteiger partial charge in [0.05, 0.1) is 0 Å². The Morgan fingerprint density at radius 2 is 0.792 bits per heavy atom. The molecule has 0 amide bonds. The fraction of sp³-hybridized carbons (Fsp3) is 0.957. The highest BCUT2D eigenvalue weighted by Gasteiger charge is 1.95. The zero-order valence-corrected chi connectivity index (χ0v) is 17.0. The van der Waals surface area contributed by atoms with E-state index in [0.717, 1.165) is 6.54 Å². The second kappa shape index (κ2) is 23.0. The number of hydrogen-bond acceptors (Lipinski definition) is 1. The van der Waals surface area contributed by atoms with Gasteiger partial charge < -0.3 is 5.73 Å². The highest BCUT2D eigenvalue weighted by Crippen LogP contribution is 2.14. The van der Waals surface area contributed by atoms with Crippen molar-refractivity contribution in [2.24, 2.45) is 5.73 Å². The van der Waals surface area contributed by atoms with E-state index in [4.69, 9.17) is 5.73 Å². The third-order valence-electron chi connectivity index (χ3n) is 5.12. The van der Waals surface area contributed by atoms with E-state index in [0.29, 0.717) is 0 Å². The molecule has 0 saturated carbocycles. The SMILES string of the molecule is CCCCCCCCCCCCCCCC[CH]CCCCCCN. The van der Waals surface area contributed by atoms with Crippen LogP contribution in [0.15, 0.2) is 0 Å². The average Bonchev–Trinajstić information content (AvgIpc) is 2.60. The average molecular weight is 339 g/mol. The fourth-order valence-electron chi connectivity index (χ4n) is 3.41. The zero-order valence-electron chi connectivity index (χ0n) is 17.0. The van der Waals surface area contributed by atoms with Gasteiger partial charge in [0.2, 0.25) is 0 Å². The fourth-order valence-corrected chi connectivity index (χ4v) is 3.41. The molecule has 0 aliphatic rings. The lowest BCUT2D eigenvalue weighted by Crippen LogP contribution is -1.97. The van der Waals surface area contributed by atoms with Gasteiger partial charge in [-0.3, -0.25) is 0 Å². The Morgan fingerprint density at radius 1 is 0.458 bits per heavy atom. The third-order valence-corrected chi connectivity index (χ3v) is 5.12. The summed E-state index contributed by atoms with van der Waals surface area (Å²) < 4.78 is 0. The van der Waals surface area contributed by atoms with Crippen LogP contribution in [0.4, 0.5) is 0 Å². The molecule has 0 aromatic rings. The Kier molecular flexibility index (Phi) is 22.9. The van der Waals surface area contributed by atoms with Gasteiger partial charge in [0.1, 0.15) is 0 Å². The predicted molar refractivity (Wildman–Crippen MR) is 111 cm³/mol. The molecule has 24 heavy (non-hydrogen) atoms. The van der Waals surface area contributed by atoms with E-state index in [-0.39, 0.29) is 0 Å². The lowest BCUT2D eigenvalue weighted by Gasteiger charge is -2.04. The Bertz CT molecular complexity index is 180. The van der Waals surface area contributed by atoms with Crippen LogP contribution >= 0.6 is 0 Å². The molecule has 0 fully saturated rings. The monoisotopic (exact) mass is 338 g/mol. The van der Waals surface area contributed by atoms with Crippen LogP contribution in [-0.2, 0) is 0 Å². The highest BCUT2D eigenvalue weighted by atomic mass is 14.5. The minimum absolute atomic E-state index is 0.864. The van der Waals surface area contributed by atoms with Crippen LogP contribution in [0.3, 0.4) is 0 Å². The summed E-state index contributed by atoms with van der Waals surface area (Å²) in [5.74, 6) is 0. The van der Waals surface area contributed by atoms with Crippen molar-refractivity contribution < 1.29 is 0 Å². The molecule has 145 valence electrons. The number of hydrogen-bond donors (Lipinski definition) is 1. The van der Waals surface area contributed by atoms with Crippen LogP contribution in [0.5, 0.6) is 0 Å². The molecule has 0 saturated heterocycles. The molecule has 1 nitrogen and oxygen atoms in total. The minimum Gasteiger partial charge on any atom is -0.330 e. The summed E-state index contributed by atoms with van der Waals surface area (Å²) >= 11 is 0. The molecule has 0 rings (SSSR count). The lowest BCUT2D eigenvalue weighted by molar-refractivity contribution is 0.534. The summed E-state index contributed by atoms with van der Waals surface area (Å²) in [4.78, 5) is 0. The van der Waals surface area contributed by atoms with Crippen molar-refractivity contribution in [3.05, 3.63) is 6.42 Å². The topological polar surface area (TPSA) is 26.0 Å². The molecule has 0 aliphatic carbocycles. The largest absolute Gasteiger partial charge is 0.330 e. The highest BCUT2D eigenvalue weighted by molar-refractivity contribution is 4.64. The van der Waals surface area contributed by atoms with Crippen molar-refractivity contribution in [2.75, 3.05) is 6.54 Å². The van der Waals surface area contributed by atoms with Crippen LogP contribution in [-0.4, -0.2) is 6.54 Å². The summed E-state index contributed by atoms with van der Waals surface area (Å²) in [6, 6.07) is 0. The number of unbranched alkanes of at least 4 members (excludes halogenated alkanes) is 20. The predicted octanol–water partition coefficient (Wildman–Crippen LogP) is 7.97. The first-order valence-corrected chi connectivity index (χ1v) is 11.4. The van der Waals surface area contributed by atoms with Crippen molar-refractivity contribution in [2.45, 2.75) is 135 Å². The van der Waals surface area contributed by atoms with Crippen LogP contribution < -0.4 is 5.73 Å². The van der Waals surface area contributed by atoms with E-state index >= 15 is 0 Å². The molecule has 0 aromatic carbocycles. The van der Waals surface area contributed by atoms with Crippen molar-refractivity contribution >= 4 is 0 Å². The van der Waals surface area contributed by atoms with Crippen LogP contribution in [0.2, 0.25) is 0 Å². The second-order valence-electron chi connectivity index (χ2n) is 7.67. The van der Waals surface area contributed by atoms with E-state index in [1.54, 1.807) is 0 Å². The van der Waals surface area contributed by atoms with Gasteiger partial charge in [-0.15, -0.1) is 0 Å². The molecular weight excluding hydrogens is 290 g/mol. The van der Waals surface area contributed by atoms with Gasteiger partial charge in [0.25, 0.3) is 0 Å². The first-order chi connectivity index (χ1) is 11.9. The minimum atomic E-state index is 0.864. The summed E-state index contributed by atoms with van der Waals surface area (Å²) in [6.07, 6.45) is 30.8. The second-order valence-corrected chi connectivity index (χ2v) is 7.67. The van der Waals surface area contributed by atoms with E-state index in [2.05, 4.69) is 13.3 Å². The van der Waals surface area contributed by atoms with Crippen LogP contribution in [0.1, 0.15) is 135 Å². The first kappa shape index (κ1) is 24.0. The maximum atomic E-state index is 5.50. The lowest BCUT2D eigenvalue weighted by atomic mass is 10.0. The van der Waals surface area contributed by atoms with Crippen molar-refractivity contribution in [3.63, 3.8) is 0 Å². The molecule has 0 atom stereocenters. The van der Waals surface area contributed by atoms with Crippen LogP contribution in [0, 0.1) is 6.42 Å². The molecule has 0 unspecified atom stereocenters. The Hall–Kier alpha value is -0.0400. The summed E-state index contributed by atoms with van der Waals surface area (Å²) in [5, 5.41) is 0. The maximum absolute atomic E-state index is 5.50. The molecule has 0 bridgehead atoms. The van der Waals surface area contributed by atoms with Gasteiger partial charge >= 0.3 is 0 Å². The quantitative estimate of drug-likeness (QED) is 0.211. The van der Waals surface area contributed by atoms with Crippen LogP contribution in [0.25, 0.3) is 0 Å². The number of nitrogens with two attached hydrogens (primary N) is 1. The Labute approximate surface area is 154 Å². The third kappa shape index (κ3) is 22.0. The summed E-state index contributed by atoms with van der Waals surface area (Å²) in [7, 11) is 0. The van der Waals surface area contributed by atoms with E-state index < -0.39 is 0 Å². The molecule has 0 aliphatic heterocycles. The van der Waals surface area contributed by atoms with Crippen molar-refractivity contribution in [3.8, 4) is 0 Å². The van der Waals surface area contributed by atoms with Gasteiger partial charge in [-0.05, 0) is 19.4 Å². The molecule has 1 heteroatoms. The van der Waals surface area contributed by atoms with Crippen molar-refractivity contribution in [1.29, 1.82) is 0 Å². The maximum Gasteiger partial charge on any atom is -0.00773 e. The van der Waals surface area contributed by atoms with E-state index in [1.807, 2.05) is 0 Å². The Balaban J connectivity index is 2.93. The van der Waals surface area contributed by atoms with Gasteiger partial charge in [-0.25, -0.2) is 0 Å². The van der Waals surface area contributed by atoms with E-state index in [9.17, 15) is 0 Å². The summed E-state index contributed by atoms with van der Waals surface area (Å²) in [5.41, 5.74) is 5.50. The first-order valence-electron chi connectivity index (χ1n) is 11.4. The molecular formula is C23H48N. The van der Waals surface area contributed by atoms with E-state index in [1.165, 1.54) is 128 Å². The molecule has 0 aromatic heterocycles. The molecule has 0 heterocycles. The van der Waals surface area contributed by atoms with Gasteiger partial charge in [0.15, 0.2) is 0 Å². The Morgan fingerprint density at radius 3 is 1.17 bits per heavy atom. The smallest absolute Gasteiger partial charge is 0.00773 e. The standard InChI is InChI=1S/C23H48N/c1-2-3-4-5-6-7-8-9-10-11-12-13-14-15-16-17-18-19-20-21-22-23-24/h17H,2-16,18-24H2,1H3. The normalized spacial score (nSPS) is 11.2. The molecule has 0 spiro atoms. The summed E-state index contributed by atoms with van der Waals surface area (Å²) in [6.45, 7) is 3.16. The van der Waals surface area contributed by atoms with Gasteiger partial charge in [-0.2, -0.15) is 0 Å².